The molecular weight excluding hydrogens is 231 g/mol. The van der Waals surface area contributed by atoms with Gasteiger partial charge >= 0.3 is 19.8 Å². The van der Waals surface area contributed by atoms with E-state index in [1.54, 1.807) is 15.9 Å². The van der Waals surface area contributed by atoms with Crippen molar-refractivity contribution in [1.29, 1.82) is 0 Å². The van der Waals surface area contributed by atoms with Crippen molar-refractivity contribution in [3.63, 3.8) is 0 Å². The molecule has 0 heterocycles. The minimum absolute atomic E-state index is 0. The first kappa shape index (κ1) is 18.6. The Bertz CT molecular complexity index is 6.00. The van der Waals surface area contributed by atoms with Gasteiger partial charge in [-0.25, -0.2) is 0 Å². The maximum atomic E-state index is 8.06. The molecule has 0 bridgehead atoms. The van der Waals surface area contributed by atoms with Gasteiger partial charge in [0.05, 0.1) is 0 Å². The predicted molar refractivity (Wildman–Crippen MR) is 21.3 cm³/mol. The summed E-state index contributed by atoms with van der Waals surface area (Å²) in [6.45, 7) is 0. The summed E-state index contributed by atoms with van der Waals surface area (Å²) < 4.78 is 8.06. The number of hydrogen-bond acceptors (Lipinski definition) is 1. The Morgan fingerprint density at radius 1 is 1.00 bits per heavy atom. The third-order valence-electron chi connectivity index (χ3n) is 0. The fourth-order valence-corrected chi connectivity index (χ4v) is 0. The van der Waals surface area contributed by atoms with Crippen molar-refractivity contribution in [1.82, 2.24) is 0 Å². The molecule has 0 fully saturated rings. The van der Waals surface area contributed by atoms with Gasteiger partial charge in [-0.3, -0.25) is 0 Å². The zero-order chi connectivity index (χ0) is 2.00. The average Bonchev–Trinajstić information content (AvgIpc) is 1.00. The zero-order valence-corrected chi connectivity index (χ0v) is 6.21. The van der Waals surface area contributed by atoms with Crippen molar-refractivity contribution < 1.29 is 19.8 Å². The first-order valence-electron chi connectivity index (χ1n) is 0.154. The van der Waals surface area contributed by atoms with Gasteiger partial charge in [0, 0.05) is 0 Å². The quantitative estimate of drug-likeness (QED) is 0.571. The van der Waals surface area contributed by atoms with Crippen molar-refractivity contribution in [2.24, 2.45) is 0 Å². The molecule has 0 aliphatic carbocycles. The summed E-state index contributed by atoms with van der Waals surface area (Å²) in [4.78, 5) is 0. The molecule has 29 valence electrons. The van der Waals surface area contributed by atoms with Gasteiger partial charge in [-0.1, -0.05) is 0 Å². The fraction of sp³-hybridized carbons (Fsp3) is 0. The fourth-order valence-electron chi connectivity index (χ4n) is 0. The van der Waals surface area contributed by atoms with Gasteiger partial charge in [-0.15, -0.1) is 34.0 Å². The van der Waals surface area contributed by atoms with Gasteiger partial charge in [-0.05, 0) is 0 Å². The molecule has 4 heteroatoms. The predicted octanol–water partition coefficient (Wildman–Crippen LogP) is 1.03. The number of halogens is 2. The Kier molecular flexibility index (Phi) is 131. The van der Waals surface area contributed by atoms with Gasteiger partial charge in [0.2, 0.25) is 0 Å². The molecule has 0 atom stereocenters. The van der Waals surface area contributed by atoms with Gasteiger partial charge in [-0.2, -0.15) is 0 Å². The molecular formula is H2Br2MnO. The van der Waals surface area contributed by atoms with E-state index < -0.39 is 0 Å². The van der Waals surface area contributed by atoms with E-state index in [-0.39, 0.29) is 34.0 Å². The molecule has 0 saturated heterocycles. The van der Waals surface area contributed by atoms with E-state index >= 15 is 0 Å². The Labute approximate surface area is 53.7 Å². The van der Waals surface area contributed by atoms with Gasteiger partial charge < -0.3 is 0 Å². The monoisotopic (exact) mass is 231 g/mol. The molecule has 0 rings (SSSR count). The van der Waals surface area contributed by atoms with E-state index in [9.17, 15) is 0 Å². The van der Waals surface area contributed by atoms with E-state index in [0.717, 1.165) is 0 Å². The van der Waals surface area contributed by atoms with Crippen LogP contribution in [0.2, 0.25) is 0 Å². The third kappa shape index (κ3) is 10.4. The van der Waals surface area contributed by atoms with Gasteiger partial charge in [0.15, 0.2) is 0 Å². The van der Waals surface area contributed by atoms with Crippen LogP contribution in [-0.2, 0) is 19.8 Å². The second-order valence-corrected chi connectivity index (χ2v) is 0. The van der Waals surface area contributed by atoms with Gasteiger partial charge in [0.1, 0.15) is 0 Å². The molecule has 1 nitrogen and oxygen atoms in total. The van der Waals surface area contributed by atoms with Crippen LogP contribution in [0.4, 0.5) is 0 Å². The van der Waals surface area contributed by atoms with Crippen LogP contribution in [0.3, 0.4) is 0 Å². The zero-order valence-electron chi connectivity index (χ0n) is 1.60. The SMILES string of the molecule is Br.Br.[O]=[Mn]. The maximum absolute atomic E-state index is 8.06. The van der Waals surface area contributed by atoms with Gasteiger partial charge in [0.25, 0.3) is 0 Å². The summed E-state index contributed by atoms with van der Waals surface area (Å²) in [5.74, 6) is 0. The molecule has 0 unspecified atom stereocenters. The van der Waals surface area contributed by atoms with Crippen LogP contribution in [-0.4, -0.2) is 0 Å². The molecule has 0 aromatic heterocycles. The Morgan fingerprint density at radius 2 is 1.00 bits per heavy atom. The molecule has 0 aromatic rings. The van der Waals surface area contributed by atoms with E-state index in [4.69, 9.17) is 3.83 Å². The van der Waals surface area contributed by atoms with Crippen LogP contribution in [0, 0.1) is 0 Å². The van der Waals surface area contributed by atoms with Crippen molar-refractivity contribution in [3.8, 4) is 0 Å². The summed E-state index contributed by atoms with van der Waals surface area (Å²) in [7, 11) is 0. The Balaban J connectivity index is -0.00000000500. The van der Waals surface area contributed by atoms with Crippen LogP contribution < -0.4 is 0 Å². The molecule has 0 saturated carbocycles. The second-order valence-electron chi connectivity index (χ2n) is 0. The standard InChI is InChI=1S/2BrH.Mn.O/h2*1H;;. The first-order valence-corrected chi connectivity index (χ1v) is 0.636. The van der Waals surface area contributed by atoms with Crippen molar-refractivity contribution in [2.75, 3.05) is 0 Å². The first-order chi connectivity index (χ1) is 1.00. The van der Waals surface area contributed by atoms with Crippen molar-refractivity contribution in [3.05, 3.63) is 0 Å². The second kappa shape index (κ2) is 28.1. The summed E-state index contributed by atoms with van der Waals surface area (Å²) in [6.07, 6.45) is 0. The van der Waals surface area contributed by atoms with Crippen LogP contribution in [0.5, 0.6) is 0 Å². The normalized spacial score (nSPS) is 1.00. The van der Waals surface area contributed by atoms with E-state index in [0.29, 0.717) is 0 Å². The molecule has 0 aliphatic rings. The molecule has 0 radical (unpaired) electrons. The Morgan fingerprint density at radius 3 is 1.00 bits per heavy atom. The summed E-state index contributed by atoms with van der Waals surface area (Å²) >= 11 is 1.69. The van der Waals surface area contributed by atoms with Crippen LogP contribution in [0.1, 0.15) is 0 Å². The van der Waals surface area contributed by atoms with E-state index in [1.165, 1.54) is 0 Å². The summed E-state index contributed by atoms with van der Waals surface area (Å²) in [5, 5.41) is 0. The summed E-state index contributed by atoms with van der Waals surface area (Å²) in [6, 6.07) is 0. The number of hydrogen-bond donors (Lipinski definition) is 0. The topological polar surface area (TPSA) is 17.1 Å². The Hall–Kier alpha value is 1.28. The molecule has 0 amide bonds. The van der Waals surface area contributed by atoms with Crippen LogP contribution >= 0.6 is 34.0 Å². The van der Waals surface area contributed by atoms with Crippen LogP contribution in [0.15, 0.2) is 0 Å². The number of rotatable bonds is 0. The van der Waals surface area contributed by atoms with Crippen LogP contribution in [0.25, 0.3) is 0 Å². The molecule has 0 aromatic carbocycles. The molecule has 0 N–H and O–H groups in total. The van der Waals surface area contributed by atoms with Crippen molar-refractivity contribution in [2.45, 2.75) is 0 Å². The van der Waals surface area contributed by atoms with E-state index in [1.807, 2.05) is 0 Å². The minimum atomic E-state index is 0. The van der Waals surface area contributed by atoms with E-state index in [2.05, 4.69) is 0 Å². The molecule has 0 spiro atoms. The molecule has 4 heavy (non-hydrogen) atoms. The molecule has 0 aliphatic heterocycles. The summed E-state index contributed by atoms with van der Waals surface area (Å²) in [5.41, 5.74) is 0. The van der Waals surface area contributed by atoms with Crippen molar-refractivity contribution >= 4 is 34.0 Å². The average molecular weight is 233 g/mol. The third-order valence-corrected chi connectivity index (χ3v) is 0.